The molecule has 0 spiro atoms. The number of rotatable bonds is 8. The zero-order valence-corrected chi connectivity index (χ0v) is 16.5. The van der Waals surface area contributed by atoms with Gasteiger partial charge >= 0.3 is 0 Å². The van der Waals surface area contributed by atoms with E-state index < -0.39 is 41.4 Å². The third kappa shape index (κ3) is 5.02. The number of hydrogen-bond donors (Lipinski definition) is 0. The molecule has 0 bridgehead atoms. The van der Waals surface area contributed by atoms with E-state index in [1.165, 1.54) is 7.11 Å². The molecule has 0 aliphatic carbocycles. The summed E-state index contributed by atoms with van der Waals surface area (Å²) < 4.78 is 83.0. The largest absolute Gasteiger partial charge is 0.496 e. The third-order valence-electron chi connectivity index (χ3n) is 4.93. The first-order chi connectivity index (χ1) is 14.4. The van der Waals surface area contributed by atoms with Gasteiger partial charge in [-0.15, -0.1) is 0 Å². The second-order valence-corrected chi connectivity index (χ2v) is 6.89. The van der Waals surface area contributed by atoms with Gasteiger partial charge in [0.25, 0.3) is 0 Å². The quantitative estimate of drug-likeness (QED) is 0.356. The van der Waals surface area contributed by atoms with Gasteiger partial charge in [0, 0.05) is 18.7 Å². The monoisotopic (exact) mass is 431 g/mol. The molecule has 0 N–H and O–H groups in total. The van der Waals surface area contributed by atoms with Crippen LogP contribution in [-0.2, 0) is 17.8 Å². The summed E-state index contributed by atoms with van der Waals surface area (Å²) in [5, 5.41) is 0. The average molecular weight is 431 g/mol. The zero-order chi connectivity index (χ0) is 21.7. The fourth-order valence-electron chi connectivity index (χ4n) is 3.29. The zero-order valence-electron chi connectivity index (χ0n) is 16.5. The van der Waals surface area contributed by atoms with Crippen molar-refractivity contribution in [3.63, 3.8) is 0 Å². The van der Waals surface area contributed by atoms with E-state index >= 15 is 0 Å². The van der Waals surface area contributed by atoms with Crippen molar-refractivity contribution in [2.75, 3.05) is 40.0 Å². The summed E-state index contributed by atoms with van der Waals surface area (Å²) in [5.41, 5.74) is 1.38. The van der Waals surface area contributed by atoms with Crippen LogP contribution in [0, 0.1) is 29.1 Å². The normalized spacial score (nSPS) is 14.7. The number of methoxy groups -OCH3 is 1. The van der Waals surface area contributed by atoms with Gasteiger partial charge < -0.3 is 14.2 Å². The molecule has 1 aliphatic heterocycles. The molecule has 1 fully saturated rings. The van der Waals surface area contributed by atoms with Gasteiger partial charge in [-0.3, -0.25) is 4.90 Å². The summed E-state index contributed by atoms with van der Waals surface area (Å²) in [5.74, 6) is -11.3. The maximum absolute atomic E-state index is 13.8. The van der Waals surface area contributed by atoms with Crippen molar-refractivity contribution in [2.45, 2.75) is 19.4 Å². The Hall–Kier alpha value is -2.39. The van der Waals surface area contributed by atoms with Crippen molar-refractivity contribution >= 4 is 0 Å². The number of halogens is 5. The molecule has 2 aromatic carbocycles. The van der Waals surface area contributed by atoms with Crippen LogP contribution in [0.1, 0.15) is 17.5 Å². The van der Waals surface area contributed by atoms with E-state index in [1.807, 2.05) is 6.07 Å². The molecule has 0 saturated carbocycles. The lowest BCUT2D eigenvalue weighted by Gasteiger charge is -2.26. The second-order valence-electron chi connectivity index (χ2n) is 6.89. The Kier molecular flexibility index (Phi) is 7.49. The van der Waals surface area contributed by atoms with Crippen LogP contribution in [-0.4, -0.2) is 44.9 Å². The molecule has 0 radical (unpaired) electrons. The smallest absolute Gasteiger partial charge is 0.207 e. The molecule has 1 heterocycles. The number of ether oxygens (including phenoxy) is 3. The van der Waals surface area contributed by atoms with Crippen molar-refractivity contribution in [3.05, 3.63) is 58.4 Å². The third-order valence-corrected chi connectivity index (χ3v) is 4.93. The molecule has 0 unspecified atom stereocenters. The van der Waals surface area contributed by atoms with Crippen LogP contribution in [0.15, 0.2) is 18.2 Å². The van der Waals surface area contributed by atoms with E-state index in [4.69, 9.17) is 14.2 Å². The summed E-state index contributed by atoms with van der Waals surface area (Å²) in [6, 6.07) is 5.28. The van der Waals surface area contributed by atoms with Gasteiger partial charge in [-0.25, -0.2) is 13.2 Å². The molecule has 3 rings (SSSR count). The van der Waals surface area contributed by atoms with E-state index in [0.29, 0.717) is 11.3 Å². The van der Waals surface area contributed by atoms with E-state index in [0.717, 1.165) is 51.3 Å². The molecule has 1 aliphatic rings. The molecular weight excluding hydrogens is 409 g/mol. The summed E-state index contributed by atoms with van der Waals surface area (Å²) in [4.78, 5) is 2.31. The van der Waals surface area contributed by atoms with Crippen LogP contribution in [0.2, 0.25) is 0 Å². The molecule has 30 heavy (non-hydrogen) atoms. The van der Waals surface area contributed by atoms with Crippen LogP contribution >= 0.6 is 0 Å². The predicted octanol–water partition coefficient (Wildman–Crippen LogP) is 4.23. The molecule has 4 nitrogen and oxygen atoms in total. The van der Waals surface area contributed by atoms with E-state index in [2.05, 4.69) is 4.90 Å². The van der Waals surface area contributed by atoms with Crippen LogP contribution < -0.4 is 9.47 Å². The SMILES string of the molecule is COc1ccc(CCCN2CCOCC2)cc1COc1c(F)c(F)c(F)c(F)c1F. The Balaban J connectivity index is 1.69. The standard InChI is InChI=1S/C21H22F5NO3/c1-28-15-5-4-13(3-2-6-27-7-9-29-10-8-27)11-14(15)12-30-21-19(25)17(23)16(22)18(24)20(21)26/h4-5,11H,2-3,6-10,12H2,1H3. The minimum Gasteiger partial charge on any atom is -0.496 e. The Morgan fingerprint density at radius 2 is 1.57 bits per heavy atom. The Morgan fingerprint density at radius 1 is 0.933 bits per heavy atom. The predicted molar refractivity (Wildman–Crippen MR) is 99.1 cm³/mol. The highest BCUT2D eigenvalue weighted by atomic mass is 19.2. The first kappa shape index (κ1) is 22.3. The lowest BCUT2D eigenvalue weighted by atomic mass is 10.1. The first-order valence-electron chi connectivity index (χ1n) is 9.52. The maximum atomic E-state index is 13.8. The van der Waals surface area contributed by atoms with Gasteiger partial charge in [-0.1, -0.05) is 6.07 Å². The van der Waals surface area contributed by atoms with E-state index in [-0.39, 0.29) is 0 Å². The lowest BCUT2D eigenvalue weighted by Crippen LogP contribution is -2.36. The average Bonchev–Trinajstić information content (AvgIpc) is 2.77. The molecule has 9 heteroatoms. The molecule has 0 atom stereocenters. The van der Waals surface area contributed by atoms with Crippen LogP contribution in [0.25, 0.3) is 0 Å². The first-order valence-corrected chi connectivity index (χ1v) is 9.52. The molecule has 0 aromatic heterocycles. The van der Waals surface area contributed by atoms with Crippen LogP contribution in [0.4, 0.5) is 22.0 Å². The summed E-state index contributed by atoms with van der Waals surface area (Å²) in [7, 11) is 1.41. The number of nitrogens with zero attached hydrogens (tertiary/aromatic N) is 1. The highest BCUT2D eigenvalue weighted by Gasteiger charge is 2.27. The molecule has 0 amide bonds. The van der Waals surface area contributed by atoms with Gasteiger partial charge in [0.2, 0.25) is 29.1 Å². The number of benzene rings is 2. The van der Waals surface area contributed by atoms with Gasteiger partial charge in [0.05, 0.1) is 20.3 Å². The van der Waals surface area contributed by atoms with Crippen LogP contribution in [0.3, 0.4) is 0 Å². The Bertz CT molecular complexity index is 858. The minimum absolute atomic E-state index is 0.385. The van der Waals surface area contributed by atoms with Crippen molar-refractivity contribution in [2.24, 2.45) is 0 Å². The highest BCUT2D eigenvalue weighted by molar-refractivity contribution is 5.38. The Morgan fingerprint density at radius 3 is 2.20 bits per heavy atom. The van der Waals surface area contributed by atoms with Crippen molar-refractivity contribution in [3.8, 4) is 11.5 Å². The van der Waals surface area contributed by atoms with E-state index in [9.17, 15) is 22.0 Å². The maximum Gasteiger partial charge on any atom is 0.207 e. The van der Waals surface area contributed by atoms with Gasteiger partial charge in [0.15, 0.2) is 5.75 Å². The second kappa shape index (κ2) is 10.1. The number of hydrogen-bond acceptors (Lipinski definition) is 4. The summed E-state index contributed by atoms with van der Waals surface area (Å²) in [6.07, 6.45) is 1.64. The summed E-state index contributed by atoms with van der Waals surface area (Å²) >= 11 is 0. The molecule has 2 aromatic rings. The van der Waals surface area contributed by atoms with Crippen molar-refractivity contribution in [1.29, 1.82) is 0 Å². The van der Waals surface area contributed by atoms with Gasteiger partial charge in [-0.05, 0) is 37.1 Å². The fourth-order valence-corrected chi connectivity index (χ4v) is 3.29. The highest BCUT2D eigenvalue weighted by Crippen LogP contribution is 2.31. The molecule has 1 saturated heterocycles. The van der Waals surface area contributed by atoms with Gasteiger partial charge in [-0.2, -0.15) is 8.78 Å². The fraction of sp³-hybridized carbons (Fsp3) is 0.429. The van der Waals surface area contributed by atoms with E-state index in [1.54, 1.807) is 12.1 Å². The van der Waals surface area contributed by atoms with Crippen molar-refractivity contribution < 1.29 is 36.2 Å². The van der Waals surface area contributed by atoms with Crippen LogP contribution in [0.5, 0.6) is 11.5 Å². The molecular formula is C21H22F5NO3. The number of morpholine rings is 1. The van der Waals surface area contributed by atoms with Crippen molar-refractivity contribution in [1.82, 2.24) is 4.90 Å². The molecule has 164 valence electrons. The topological polar surface area (TPSA) is 30.9 Å². The Labute approximate surface area is 171 Å². The summed E-state index contributed by atoms with van der Waals surface area (Å²) in [6.45, 7) is 3.72. The lowest BCUT2D eigenvalue weighted by molar-refractivity contribution is 0.0374. The minimum atomic E-state index is -2.22. The number of aryl methyl sites for hydroxylation is 1. The van der Waals surface area contributed by atoms with Gasteiger partial charge in [0.1, 0.15) is 12.4 Å².